The number of carbonyl (C=O) groups excluding carboxylic acids is 1. The van der Waals surface area contributed by atoms with Gasteiger partial charge in [0.25, 0.3) is 5.91 Å². The molecule has 0 aromatic carbocycles. The van der Waals surface area contributed by atoms with Gasteiger partial charge in [0, 0.05) is 25.0 Å². The van der Waals surface area contributed by atoms with Crippen molar-refractivity contribution < 1.29 is 4.79 Å². The molecule has 1 amide bonds. The predicted octanol–water partition coefficient (Wildman–Crippen LogP) is 2.58. The summed E-state index contributed by atoms with van der Waals surface area (Å²) < 4.78 is 1.99. The summed E-state index contributed by atoms with van der Waals surface area (Å²) in [5.74, 6) is 0.0699. The second kappa shape index (κ2) is 4.68. The molecule has 0 N–H and O–H groups in total. The van der Waals surface area contributed by atoms with Crippen molar-refractivity contribution in [3.05, 3.63) is 35.3 Å². The Balaban J connectivity index is 1.96. The lowest BCUT2D eigenvalue weighted by atomic mass is 10.1. The van der Waals surface area contributed by atoms with Crippen LogP contribution in [0.15, 0.2) is 18.3 Å². The Morgan fingerprint density at radius 2 is 1.89 bits per heavy atom. The van der Waals surface area contributed by atoms with E-state index in [1.165, 1.54) is 12.0 Å². The lowest BCUT2D eigenvalue weighted by molar-refractivity contribution is 0.0719. The van der Waals surface area contributed by atoms with Gasteiger partial charge in [-0.05, 0) is 50.8 Å². The Kier molecular flexibility index (Phi) is 3.01. The number of hydrogen-bond donors (Lipinski definition) is 0. The molecule has 2 aromatic heterocycles. The van der Waals surface area contributed by atoms with Gasteiger partial charge >= 0.3 is 0 Å². The third kappa shape index (κ3) is 2.23. The minimum absolute atomic E-state index is 0.0699. The highest BCUT2D eigenvalue weighted by atomic mass is 16.2. The van der Waals surface area contributed by atoms with Gasteiger partial charge in [0.05, 0.1) is 0 Å². The molecular formula is C15H19N3O. The topological polar surface area (TPSA) is 37.6 Å². The minimum Gasteiger partial charge on any atom is -0.337 e. The van der Waals surface area contributed by atoms with Gasteiger partial charge in [-0.3, -0.25) is 4.79 Å². The van der Waals surface area contributed by atoms with Crippen LogP contribution in [0.2, 0.25) is 0 Å². The summed E-state index contributed by atoms with van der Waals surface area (Å²) in [5.41, 5.74) is 3.71. The minimum atomic E-state index is 0.0699. The average Bonchev–Trinajstić information content (AvgIpc) is 2.83. The Morgan fingerprint density at radius 3 is 2.63 bits per heavy atom. The maximum atomic E-state index is 12.4. The van der Waals surface area contributed by atoms with Gasteiger partial charge in [0.1, 0.15) is 11.3 Å². The molecule has 4 heteroatoms. The molecule has 0 aliphatic carbocycles. The third-order valence-electron chi connectivity index (χ3n) is 3.77. The fourth-order valence-corrected chi connectivity index (χ4v) is 2.79. The molecular weight excluding hydrogens is 238 g/mol. The highest BCUT2D eigenvalue weighted by Crippen LogP contribution is 2.15. The third-order valence-corrected chi connectivity index (χ3v) is 3.77. The fraction of sp³-hybridized carbons (Fsp3) is 0.467. The number of aromatic nitrogens is 2. The summed E-state index contributed by atoms with van der Waals surface area (Å²) in [4.78, 5) is 18.8. The zero-order valence-electron chi connectivity index (χ0n) is 11.5. The Bertz CT molecular complexity index is 624. The van der Waals surface area contributed by atoms with Gasteiger partial charge in [0.15, 0.2) is 0 Å². The van der Waals surface area contributed by atoms with Crippen molar-refractivity contribution in [3.8, 4) is 0 Å². The van der Waals surface area contributed by atoms with Crippen molar-refractivity contribution in [2.45, 2.75) is 33.1 Å². The Morgan fingerprint density at radius 1 is 1.16 bits per heavy atom. The number of likely N-dealkylation sites (tertiary alicyclic amines) is 1. The van der Waals surface area contributed by atoms with Crippen molar-refractivity contribution >= 4 is 11.6 Å². The second-order valence-electron chi connectivity index (χ2n) is 5.38. The number of rotatable bonds is 1. The summed E-state index contributed by atoms with van der Waals surface area (Å²) >= 11 is 0. The van der Waals surface area contributed by atoms with E-state index in [0.29, 0.717) is 5.69 Å². The monoisotopic (exact) mass is 257 g/mol. The number of pyridine rings is 1. The molecule has 4 nitrogen and oxygen atoms in total. The number of hydrogen-bond acceptors (Lipinski definition) is 2. The summed E-state index contributed by atoms with van der Waals surface area (Å²) in [6.45, 7) is 5.82. The maximum absolute atomic E-state index is 12.4. The Labute approximate surface area is 113 Å². The first-order valence-electron chi connectivity index (χ1n) is 6.91. The maximum Gasteiger partial charge on any atom is 0.274 e. The van der Waals surface area contributed by atoms with Gasteiger partial charge in [0.2, 0.25) is 0 Å². The number of imidazole rings is 1. The molecule has 0 radical (unpaired) electrons. The molecule has 0 spiro atoms. The summed E-state index contributed by atoms with van der Waals surface area (Å²) in [7, 11) is 0. The molecule has 0 unspecified atom stereocenters. The molecule has 1 aliphatic heterocycles. The predicted molar refractivity (Wildman–Crippen MR) is 74.4 cm³/mol. The molecule has 1 saturated heterocycles. The van der Waals surface area contributed by atoms with Crippen LogP contribution >= 0.6 is 0 Å². The van der Waals surface area contributed by atoms with Crippen molar-refractivity contribution in [3.63, 3.8) is 0 Å². The molecule has 0 atom stereocenters. The fourth-order valence-electron chi connectivity index (χ4n) is 2.79. The standard InChI is InChI=1S/C15H19N3O/c1-11-8-12(2)18-10-13(16-14(18)9-11)15(19)17-6-4-3-5-7-17/h8-10H,3-7H2,1-2H3. The Hall–Kier alpha value is -1.84. The SMILES string of the molecule is Cc1cc(C)n2cc(C(=O)N3CCCCC3)nc2c1. The van der Waals surface area contributed by atoms with E-state index in [1.54, 1.807) is 0 Å². The first-order chi connectivity index (χ1) is 9.15. The van der Waals surface area contributed by atoms with Gasteiger partial charge in [-0.15, -0.1) is 0 Å². The normalized spacial score (nSPS) is 16.0. The van der Waals surface area contributed by atoms with Crippen molar-refractivity contribution in [2.24, 2.45) is 0 Å². The lowest BCUT2D eigenvalue weighted by Gasteiger charge is -2.25. The second-order valence-corrected chi connectivity index (χ2v) is 5.38. The lowest BCUT2D eigenvalue weighted by Crippen LogP contribution is -2.35. The highest BCUT2D eigenvalue weighted by Gasteiger charge is 2.20. The van der Waals surface area contributed by atoms with E-state index < -0.39 is 0 Å². The first-order valence-corrected chi connectivity index (χ1v) is 6.91. The van der Waals surface area contributed by atoms with Gasteiger partial charge < -0.3 is 9.30 Å². The van der Waals surface area contributed by atoms with Crippen molar-refractivity contribution in [2.75, 3.05) is 13.1 Å². The molecule has 0 saturated carbocycles. The zero-order valence-corrected chi connectivity index (χ0v) is 11.5. The molecule has 1 fully saturated rings. The summed E-state index contributed by atoms with van der Waals surface area (Å²) in [5, 5.41) is 0. The number of piperidine rings is 1. The molecule has 3 heterocycles. The zero-order chi connectivity index (χ0) is 13.4. The van der Waals surface area contributed by atoms with Crippen LogP contribution in [0.25, 0.3) is 5.65 Å². The average molecular weight is 257 g/mol. The van der Waals surface area contributed by atoms with Crippen LogP contribution in [-0.4, -0.2) is 33.3 Å². The van der Waals surface area contributed by atoms with Crippen molar-refractivity contribution in [1.29, 1.82) is 0 Å². The molecule has 0 bridgehead atoms. The molecule has 2 aromatic rings. The number of nitrogens with zero attached hydrogens (tertiary/aromatic N) is 3. The number of carbonyl (C=O) groups is 1. The van der Waals surface area contributed by atoms with Crippen LogP contribution in [0.1, 0.15) is 41.0 Å². The molecule has 100 valence electrons. The van der Waals surface area contributed by atoms with E-state index in [-0.39, 0.29) is 5.91 Å². The van der Waals surface area contributed by atoms with E-state index in [2.05, 4.69) is 11.1 Å². The first kappa shape index (κ1) is 12.2. The molecule has 1 aliphatic rings. The number of fused-ring (bicyclic) bond motifs is 1. The van der Waals surface area contributed by atoms with Crippen LogP contribution in [0.5, 0.6) is 0 Å². The van der Waals surface area contributed by atoms with Crippen molar-refractivity contribution in [1.82, 2.24) is 14.3 Å². The number of amides is 1. The van der Waals surface area contributed by atoms with Gasteiger partial charge in [-0.1, -0.05) is 0 Å². The van der Waals surface area contributed by atoms with E-state index in [1.807, 2.05) is 35.4 Å². The van der Waals surface area contributed by atoms with Crippen LogP contribution in [0.4, 0.5) is 0 Å². The van der Waals surface area contributed by atoms with E-state index in [4.69, 9.17) is 0 Å². The van der Waals surface area contributed by atoms with Crippen LogP contribution in [0, 0.1) is 13.8 Å². The van der Waals surface area contributed by atoms with Gasteiger partial charge in [-0.2, -0.15) is 0 Å². The van der Waals surface area contributed by atoms with E-state index >= 15 is 0 Å². The van der Waals surface area contributed by atoms with Crippen LogP contribution in [-0.2, 0) is 0 Å². The van der Waals surface area contributed by atoms with Gasteiger partial charge in [-0.25, -0.2) is 4.98 Å². The largest absolute Gasteiger partial charge is 0.337 e. The van der Waals surface area contributed by atoms with Crippen LogP contribution in [0.3, 0.4) is 0 Å². The van der Waals surface area contributed by atoms with Crippen LogP contribution < -0.4 is 0 Å². The number of aryl methyl sites for hydroxylation is 2. The van der Waals surface area contributed by atoms with E-state index in [9.17, 15) is 4.79 Å². The highest BCUT2D eigenvalue weighted by molar-refractivity contribution is 5.93. The van der Waals surface area contributed by atoms with E-state index in [0.717, 1.165) is 37.3 Å². The molecule has 3 rings (SSSR count). The molecule has 19 heavy (non-hydrogen) atoms. The quantitative estimate of drug-likeness (QED) is 0.787. The smallest absolute Gasteiger partial charge is 0.274 e. The summed E-state index contributed by atoms with van der Waals surface area (Å²) in [6, 6.07) is 4.11. The summed E-state index contributed by atoms with van der Waals surface area (Å²) in [6.07, 6.45) is 5.31.